The molecule has 1 heteroatoms. The number of aryl methyl sites for hydroxylation is 1. The van der Waals surface area contributed by atoms with E-state index in [2.05, 4.69) is 38.1 Å². The Labute approximate surface area is 137 Å². The van der Waals surface area contributed by atoms with Crippen molar-refractivity contribution in [1.29, 1.82) is 0 Å². The lowest BCUT2D eigenvalue weighted by atomic mass is 9.89. The van der Waals surface area contributed by atoms with Crippen molar-refractivity contribution in [1.82, 2.24) is 0 Å². The molecule has 1 aromatic rings. The zero-order valence-electron chi connectivity index (χ0n) is 14.7. The minimum absolute atomic E-state index is 0.525. The number of rotatable bonds is 9. The highest BCUT2D eigenvalue weighted by Gasteiger charge is 2.22. The summed E-state index contributed by atoms with van der Waals surface area (Å²) in [7, 11) is 0. The summed E-state index contributed by atoms with van der Waals surface area (Å²) in [6.45, 7) is 5.42. The standard InChI is InChI=1S/C21H34O/c1-3-5-6-7-8-9-10-21-16-15-20(17-22-21)19-13-11-18(4-2)12-14-19/h11-14,20-21H,3-10,15-17H2,1-2H3. The summed E-state index contributed by atoms with van der Waals surface area (Å²) in [5.41, 5.74) is 2.90. The average molecular weight is 303 g/mol. The van der Waals surface area contributed by atoms with E-state index in [0.29, 0.717) is 12.0 Å². The lowest BCUT2D eigenvalue weighted by molar-refractivity contribution is -0.00214. The molecule has 0 amide bonds. The van der Waals surface area contributed by atoms with E-state index in [4.69, 9.17) is 4.74 Å². The zero-order valence-corrected chi connectivity index (χ0v) is 14.7. The van der Waals surface area contributed by atoms with Gasteiger partial charge in [0, 0.05) is 5.92 Å². The first kappa shape index (κ1) is 17.5. The van der Waals surface area contributed by atoms with Crippen LogP contribution in [0, 0.1) is 0 Å². The number of benzene rings is 1. The molecule has 124 valence electrons. The fourth-order valence-corrected chi connectivity index (χ4v) is 3.47. The van der Waals surface area contributed by atoms with Gasteiger partial charge in [-0.3, -0.25) is 0 Å². The van der Waals surface area contributed by atoms with E-state index in [1.807, 2.05) is 0 Å². The van der Waals surface area contributed by atoms with Crippen LogP contribution in [0.1, 0.15) is 88.7 Å². The van der Waals surface area contributed by atoms with Gasteiger partial charge in [-0.05, 0) is 36.8 Å². The van der Waals surface area contributed by atoms with Crippen LogP contribution in [0.4, 0.5) is 0 Å². The summed E-state index contributed by atoms with van der Waals surface area (Å²) < 4.78 is 6.13. The summed E-state index contributed by atoms with van der Waals surface area (Å²) in [6.07, 6.45) is 13.8. The lowest BCUT2D eigenvalue weighted by Crippen LogP contribution is -2.24. The minimum Gasteiger partial charge on any atom is -0.378 e. The molecular formula is C21H34O. The van der Waals surface area contributed by atoms with E-state index >= 15 is 0 Å². The van der Waals surface area contributed by atoms with Crippen molar-refractivity contribution >= 4 is 0 Å². The van der Waals surface area contributed by atoms with Crippen molar-refractivity contribution in [2.24, 2.45) is 0 Å². The minimum atomic E-state index is 0.525. The smallest absolute Gasteiger partial charge is 0.0575 e. The monoisotopic (exact) mass is 302 g/mol. The molecule has 0 bridgehead atoms. The Hall–Kier alpha value is -0.820. The van der Waals surface area contributed by atoms with Crippen molar-refractivity contribution in [3.05, 3.63) is 35.4 Å². The largest absolute Gasteiger partial charge is 0.378 e. The molecule has 1 saturated heterocycles. The Morgan fingerprint density at radius 1 is 0.909 bits per heavy atom. The van der Waals surface area contributed by atoms with Gasteiger partial charge in [-0.15, -0.1) is 0 Å². The number of unbranched alkanes of at least 4 members (excludes halogenated alkanes) is 5. The Morgan fingerprint density at radius 2 is 1.64 bits per heavy atom. The van der Waals surface area contributed by atoms with Crippen LogP contribution in [-0.4, -0.2) is 12.7 Å². The van der Waals surface area contributed by atoms with E-state index in [1.54, 1.807) is 0 Å². The molecule has 0 N–H and O–H groups in total. The molecule has 0 radical (unpaired) electrons. The van der Waals surface area contributed by atoms with Gasteiger partial charge in [-0.2, -0.15) is 0 Å². The molecule has 0 aliphatic carbocycles. The van der Waals surface area contributed by atoms with Gasteiger partial charge in [-0.25, -0.2) is 0 Å². The highest BCUT2D eigenvalue weighted by atomic mass is 16.5. The van der Waals surface area contributed by atoms with Gasteiger partial charge >= 0.3 is 0 Å². The average Bonchev–Trinajstić information content (AvgIpc) is 2.59. The highest BCUT2D eigenvalue weighted by molar-refractivity contribution is 5.25. The van der Waals surface area contributed by atoms with Crippen LogP contribution in [0.25, 0.3) is 0 Å². The van der Waals surface area contributed by atoms with E-state index in [9.17, 15) is 0 Å². The molecule has 1 fully saturated rings. The van der Waals surface area contributed by atoms with Gasteiger partial charge in [0.25, 0.3) is 0 Å². The van der Waals surface area contributed by atoms with Gasteiger partial charge in [0.15, 0.2) is 0 Å². The summed E-state index contributed by atoms with van der Waals surface area (Å²) in [6, 6.07) is 9.16. The van der Waals surface area contributed by atoms with Crippen LogP contribution >= 0.6 is 0 Å². The summed E-state index contributed by atoms with van der Waals surface area (Å²) in [4.78, 5) is 0. The second-order valence-corrected chi connectivity index (χ2v) is 6.88. The molecule has 0 saturated carbocycles. The van der Waals surface area contributed by atoms with Crippen molar-refractivity contribution in [2.75, 3.05) is 6.61 Å². The lowest BCUT2D eigenvalue weighted by Gasteiger charge is -2.29. The zero-order chi connectivity index (χ0) is 15.6. The SMILES string of the molecule is CCCCCCCCC1CCC(c2ccc(CC)cc2)CO1. The maximum atomic E-state index is 6.13. The molecule has 1 aliphatic heterocycles. The molecule has 1 aliphatic rings. The van der Waals surface area contributed by atoms with Crippen molar-refractivity contribution in [3.63, 3.8) is 0 Å². The first-order chi connectivity index (χ1) is 10.8. The van der Waals surface area contributed by atoms with Crippen molar-refractivity contribution in [2.45, 2.75) is 90.1 Å². The Kier molecular flexibility index (Phi) is 8.01. The number of ether oxygens (including phenoxy) is 1. The molecule has 1 nitrogen and oxygen atoms in total. The van der Waals surface area contributed by atoms with Gasteiger partial charge in [-0.1, -0.05) is 76.6 Å². The molecule has 2 unspecified atom stereocenters. The predicted molar refractivity (Wildman–Crippen MR) is 95.5 cm³/mol. The normalized spacial score (nSPS) is 21.9. The second-order valence-electron chi connectivity index (χ2n) is 6.88. The first-order valence-electron chi connectivity index (χ1n) is 9.54. The number of hydrogen-bond acceptors (Lipinski definition) is 1. The third-order valence-corrected chi connectivity index (χ3v) is 5.11. The maximum Gasteiger partial charge on any atom is 0.0575 e. The third kappa shape index (κ3) is 5.76. The first-order valence-corrected chi connectivity index (χ1v) is 9.54. The molecule has 2 rings (SSSR count). The van der Waals surface area contributed by atoms with Crippen molar-refractivity contribution in [3.8, 4) is 0 Å². The summed E-state index contributed by atoms with van der Waals surface area (Å²) in [5, 5.41) is 0. The highest BCUT2D eigenvalue weighted by Crippen LogP contribution is 2.30. The fraction of sp³-hybridized carbons (Fsp3) is 0.714. The van der Waals surface area contributed by atoms with Crippen LogP contribution in [0.5, 0.6) is 0 Å². The third-order valence-electron chi connectivity index (χ3n) is 5.11. The topological polar surface area (TPSA) is 9.23 Å². The van der Waals surface area contributed by atoms with Gasteiger partial charge in [0.05, 0.1) is 12.7 Å². The molecule has 22 heavy (non-hydrogen) atoms. The Morgan fingerprint density at radius 3 is 2.27 bits per heavy atom. The van der Waals surface area contributed by atoms with Crippen LogP contribution in [0.3, 0.4) is 0 Å². The van der Waals surface area contributed by atoms with Crippen LogP contribution < -0.4 is 0 Å². The summed E-state index contributed by atoms with van der Waals surface area (Å²) >= 11 is 0. The molecule has 1 heterocycles. The predicted octanol–water partition coefficient (Wildman–Crippen LogP) is 6.26. The quantitative estimate of drug-likeness (QED) is 0.489. The van der Waals surface area contributed by atoms with E-state index < -0.39 is 0 Å². The Bertz CT molecular complexity index is 387. The van der Waals surface area contributed by atoms with E-state index in [1.165, 1.54) is 68.9 Å². The van der Waals surface area contributed by atoms with E-state index in [-0.39, 0.29) is 0 Å². The fourth-order valence-electron chi connectivity index (χ4n) is 3.47. The molecule has 0 aromatic heterocycles. The van der Waals surface area contributed by atoms with Crippen LogP contribution in [0.15, 0.2) is 24.3 Å². The van der Waals surface area contributed by atoms with Gasteiger partial charge < -0.3 is 4.74 Å². The molecule has 1 aromatic carbocycles. The maximum absolute atomic E-state index is 6.13. The van der Waals surface area contributed by atoms with Crippen LogP contribution in [0.2, 0.25) is 0 Å². The van der Waals surface area contributed by atoms with Crippen LogP contribution in [-0.2, 0) is 11.2 Å². The molecular weight excluding hydrogens is 268 g/mol. The number of hydrogen-bond donors (Lipinski definition) is 0. The van der Waals surface area contributed by atoms with Gasteiger partial charge in [0.1, 0.15) is 0 Å². The molecule has 0 spiro atoms. The Balaban J connectivity index is 1.62. The van der Waals surface area contributed by atoms with E-state index in [0.717, 1.165) is 13.0 Å². The van der Waals surface area contributed by atoms with Crippen molar-refractivity contribution < 1.29 is 4.74 Å². The second kappa shape index (κ2) is 10.0. The van der Waals surface area contributed by atoms with Gasteiger partial charge in [0.2, 0.25) is 0 Å². The summed E-state index contributed by atoms with van der Waals surface area (Å²) in [5.74, 6) is 0.617. The molecule has 2 atom stereocenters.